The Bertz CT molecular complexity index is 1280. The number of nitrogens with zero attached hydrogens (tertiary/aromatic N) is 2. The second-order valence-electron chi connectivity index (χ2n) is 8.22. The third-order valence-corrected chi connectivity index (χ3v) is 6.42. The molecule has 0 aliphatic heterocycles. The highest BCUT2D eigenvalue weighted by atomic mass is 35.5. The van der Waals surface area contributed by atoms with Crippen molar-refractivity contribution in [1.82, 2.24) is 4.98 Å². The molecular formula is C26H26Cl2N2O8. The van der Waals surface area contributed by atoms with Gasteiger partial charge in [-0.3, -0.25) is 9.78 Å². The lowest BCUT2D eigenvalue weighted by Crippen LogP contribution is -2.34. The van der Waals surface area contributed by atoms with Crippen LogP contribution >= 0.6 is 23.2 Å². The molecule has 0 N–H and O–H groups in total. The number of hydrogen-bond acceptors (Lipinski definition) is 9. The predicted octanol–water partition coefficient (Wildman–Crippen LogP) is 4.30. The molecule has 0 fully saturated rings. The summed E-state index contributed by atoms with van der Waals surface area (Å²) in [5, 5.41) is 0.221. The van der Waals surface area contributed by atoms with E-state index in [0.29, 0.717) is 36.0 Å². The Kier molecular flexibility index (Phi) is 10.1. The van der Waals surface area contributed by atoms with Gasteiger partial charge in [0.15, 0.2) is 6.61 Å². The van der Waals surface area contributed by atoms with Gasteiger partial charge in [-0.15, -0.1) is 0 Å². The molecule has 1 aromatic heterocycles. The molecule has 0 bridgehead atoms. The van der Waals surface area contributed by atoms with Gasteiger partial charge in [-0.25, -0.2) is 14.4 Å². The Balaban J connectivity index is 2.12. The summed E-state index contributed by atoms with van der Waals surface area (Å²) in [6.07, 6.45) is 5.02. The highest BCUT2D eigenvalue weighted by molar-refractivity contribution is 6.37. The molecule has 1 aliphatic carbocycles. The van der Waals surface area contributed by atoms with Crippen LogP contribution in [-0.2, 0) is 35.1 Å². The summed E-state index contributed by atoms with van der Waals surface area (Å²) in [5.74, 6) is -2.21. The number of pyridine rings is 1. The van der Waals surface area contributed by atoms with Crippen LogP contribution in [0.5, 0.6) is 5.75 Å². The molecule has 0 radical (unpaired) electrons. The third-order valence-electron chi connectivity index (χ3n) is 5.82. The van der Waals surface area contributed by atoms with Crippen molar-refractivity contribution in [1.29, 1.82) is 0 Å². The average molecular weight is 565 g/mol. The maximum atomic E-state index is 14.0. The number of carbonyl (C=O) groups excluding carboxylic acids is 4. The van der Waals surface area contributed by atoms with Gasteiger partial charge < -0.3 is 23.8 Å². The van der Waals surface area contributed by atoms with E-state index in [1.54, 1.807) is 0 Å². The van der Waals surface area contributed by atoms with Gasteiger partial charge in [0.05, 0.1) is 49.2 Å². The molecule has 1 aromatic carbocycles. The van der Waals surface area contributed by atoms with Gasteiger partial charge in [-0.05, 0) is 43.4 Å². The first kappa shape index (κ1) is 28.9. The van der Waals surface area contributed by atoms with Crippen LogP contribution < -0.4 is 9.64 Å². The van der Waals surface area contributed by atoms with Crippen LogP contribution in [0.2, 0.25) is 10.0 Å². The lowest BCUT2D eigenvalue weighted by Gasteiger charge is -2.28. The van der Waals surface area contributed by atoms with E-state index in [9.17, 15) is 19.2 Å². The van der Waals surface area contributed by atoms with E-state index < -0.39 is 30.4 Å². The molecule has 1 aliphatic rings. The van der Waals surface area contributed by atoms with Crippen molar-refractivity contribution in [3.63, 3.8) is 0 Å². The number of rotatable bonds is 9. The highest BCUT2D eigenvalue weighted by Crippen LogP contribution is 2.39. The van der Waals surface area contributed by atoms with Crippen molar-refractivity contribution < 1.29 is 38.1 Å². The number of benzene rings is 1. The molecule has 38 heavy (non-hydrogen) atoms. The van der Waals surface area contributed by atoms with Gasteiger partial charge in [0.1, 0.15) is 5.75 Å². The molecule has 12 heteroatoms. The Hall–Kier alpha value is -3.63. The van der Waals surface area contributed by atoms with Crippen LogP contribution in [0.1, 0.15) is 41.6 Å². The highest BCUT2D eigenvalue weighted by Gasteiger charge is 2.30. The van der Waals surface area contributed by atoms with Crippen LogP contribution in [0.3, 0.4) is 0 Å². The summed E-state index contributed by atoms with van der Waals surface area (Å²) < 4.78 is 19.8. The van der Waals surface area contributed by atoms with Gasteiger partial charge in [-0.1, -0.05) is 23.2 Å². The standard InChI is InChI=1S/C26H26Cl2N2O8/c1-35-23(31)14-38-22-10-21(19(27)9-20(22)28)30(13-15-8-16(12-29-11-15)25(33)36-2)24(32)17-6-4-5-7-18(17)26(34)37-3/h8-12H,4-7,13-14H2,1-3H3. The maximum absolute atomic E-state index is 14.0. The Morgan fingerprint density at radius 1 is 0.868 bits per heavy atom. The van der Waals surface area contributed by atoms with Gasteiger partial charge in [0.2, 0.25) is 0 Å². The molecule has 1 amide bonds. The Morgan fingerprint density at radius 2 is 1.55 bits per heavy atom. The van der Waals surface area contributed by atoms with Crippen molar-refractivity contribution in [2.75, 3.05) is 32.8 Å². The molecule has 0 saturated heterocycles. The molecule has 1 heterocycles. The van der Waals surface area contributed by atoms with Crippen LogP contribution in [0.25, 0.3) is 0 Å². The zero-order valence-corrected chi connectivity index (χ0v) is 22.6. The lowest BCUT2D eigenvalue weighted by atomic mass is 9.90. The molecule has 10 nitrogen and oxygen atoms in total. The molecular weight excluding hydrogens is 539 g/mol. The first-order chi connectivity index (χ1) is 18.2. The first-order valence-corrected chi connectivity index (χ1v) is 12.3. The fraction of sp³-hybridized carbons (Fsp3) is 0.346. The van der Waals surface area contributed by atoms with Crippen molar-refractivity contribution in [3.05, 3.63) is 62.9 Å². The number of esters is 3. The monoisotopic (exact) mass is 564 g/mol. The largest absolute Gasteiger partial charge is 0.480 e. The van der Waals surface area contributed by atoms with Crippen LogP contribution in [-0.4, -0.2) is 56.7 Å². The number of aromatic nitrogens is 1. The lowest BCUT2D eigenvalue weighted by molar-refractivity contribution is -0.143. The fourth-order valence-corrected chi connectivity index (χ4v) is 4.48. The van der Waals surface area contributed by atoms with Crippen LogP contribution in [0.4, 0.5) is 5.69 Å². The van der Waals surface area contributed by atoms with Gasteiger partial charge in [0, 0.05) is 29.6 Å². The minimum atomic E-state index is -0.633. The number of carbonyl (C=O) groups is 4. The van der Waals surface area contributed by atoms with E-state index >= 15 is 0 Å². The first-order valence-electron chi connectivity index (χ1n) is 11.5. The van der Waals surface area contributed by atoms with E-state index in [0.717, 1.165) is 6.42 Å². The minimum Gasteiger partial charge on any atom is -0.480 e. The van der Waals surface area contributed by atoms with E-state index in [4.69, 9.17) is 37.4 Å². The van der Waals surface area contributed by atoms with Crippen molar-refractivity contribution >= 4 is 52.7 Å². The zero-order chi connectivity index (χ0) is 27.8. The van der Waals surface area contributed by atoms with E-state index in [-0.39, 0.29) is 33.6 Å². The normalized spacial score (nSPS) is 13.0. The summed E-state index contributed by atoms with van der Waals surface area (Å²) in [5.41, 5.74) is 1.46. The second kappa shape index (κ2) is 13.3. The van der Waals surface area contributed by atoms with E-state index in [1.165, 1.54) is 56.8 Å². The molecule has 0 spiro atoms. The van der Waals surface area contributed by atoms with Crippen molar-refractivity contribution in [3.8, 4) is 5.75 Å². The maximum Gasteiger partial charge on any atom is 0.343 e. The molecule has 202 valence electrons. The molecule has 0 saturated carbocycles. The quantitative estimate of drug-likeness (QED) is 0.324. The SMILES string of the molecule is COC(=O)COc1cc(N(Cc2cncc(C(=O)OC)c2)C(=O)C2=C(C(=O)OC)CCCC2)c(Cl)cc1Cl. The Morgan fingerprint density at radius 3 is 2.21 bits per heavy atom. The predicted molar refractivity (Wildman–Crippen MR) is 138 cm³/mol. The topological polar surface area (TPSA) is 121 Å². The average Bonchev–Trinajstić information content (AvgIpc) is 2.94. The zero-order valence-electron chi connectivity index (χ0n) is 21.0. The number of ether oxygens (including phenoxy) is 4. The molecule has 3 rings (SSSR count). The number of methoxy groups -OCH3 is 3. The van der Waals surface area contributed by atoms with Gasteiger partial charge >= 0.3 is 17.9 Å². The van der Waals surface area contributed by atoms with Crippen molar-refractivity contribution in [2.45, 2.75) is 32.2 Å². The fourth-order valence-electron chi connectivity index (χ4n) is 3.94. The van der Waals surface area contributed by atoms with Gasteiger partial charge in [-0.2, -0.15) is 0 Å². The summed E-state index contributed by atoms with van der Waals surface area (Å²) in [6, 6.07) is 4.34. The molecule has 2 aromatic rings. The van der Waals surface area contributed by atoms with Gasteiger partial charge in [0.25, 0.3) is 5.91 Å². The number of hydrogen-bond donors (Lipinski definition) is 0. The summed E-state index contributed by atoms with van der Waals surface area (Å²) in [4.78, 5) is 55.6. The number of halogens is 2. The number of amides is 1. The number of anilines is 1. The smallest absolute Gasteiger partial charge is 0.343 e. The van der Waals surface area contributed by atoms with E-state index in [1.807, 2.05) is 0 Å². The summed E-state index contributed by atoms with van der Waals surface area (Å²) in [6.45, 7) is -0.500. The summed E-state index contributed by atoms with van der Waals surface area (Å²) >= 11 is 12.8. The molecule has 0 atom stereocenters. The summed E-state index contributed by atoms with van der Waals surface area (Å²) in [7, 11) is 3.72. The van der Waals surface area contributed by atoms with E-state index in [2.05, 4.69) is 9.72 Å². The van der Waals surface area contributed by atoms with Crippen LogP contribution in [0.15, 0.2) is 41.7 Å². The molecule has 0 unspecified atom stereocenters. The minimum absolute atomic E-state index is 0.0770. The second-order valence-corrected chi connectivity index (χ2v) is 9.03. The Labute approximate surface area is 229 Å². The third kappa shape index (κ3) is 6.81. The van der Waals surface area contributed by atoms with Crippen LogP contribution in [0, 0.1) is 0 Å². The van der Waals surface area contributed by atoms with Crippen molar-refractivity contribution in [2.24, 2.45) is 0 Å².